The van der Waals surface area contributed by atoms with Crippen molar-refractivity contribution in [3.05, 3.63) is 65.2 Å². The minimum Gasteiger partial charge on any atom is -0.457 e. The summed E-state index contributed by atoms with van der Waals surface area (Å²) in [5.74, 6) is -0.734. The number of aryl methyl sites for hydroxylation is 2. The molecular weight excluding hydrogens is 364 g/mol. The molecular formula is C19H18N4O3S. The maximum absolute atomic E-state index is 12.0. The molecule has 0 saturated carbocycles. The maximum atomic E-state index is 12.0. The van der Waals surface area contributed by atoms with Crippen LogP contribution >= 0.6 is 11.8 Å². The van der Waals surface area contributed by atoms with Gasteiger partial charge in [-0.3, -0.25) is 9.59 Å². The largest absolute Gasteiger partial charge is 0.457 e. The number of rotatable bonds is 7. The second-order valence-corrected chi connectivity index (χ2v) is 6.84. The van der Waals surface area contributed by atoms with E-state index in [1.807, 2.05) is 38.1 Å². The van der Waals surface area contributed by atoms with Crippen molar-refractivity contribution in [2.45, 2.75) is 19.0 Å². The molecule has 7 nitrogen and oxygen atoms in total. The lowest BCUT2D eigenvalue weighted by Gasteiger charge is -2.08. The van der Waals surface area contributed by atoms with Crippen LogP contribution in [0.5, 0.6) is 0 Å². The van der Waals surface area contributed by atoms with Gasteiger partial charge in [-0.05, 0) is 41.5 Å². The Balaban J connectivity index is 1.58. The first-order valence-corrected chi connectivity index (χ1v) is 9.26. The van der Waals surface area contributed by atoms with Gasteiger partial charge >= 0.3 is 5.97 Å². The number of benzene rings is 2. The molecule has 0 bridgehead atoms. The number of ether oxygens (including phenoxy) is 1. The van der Waals surface area contributed by atoms with E-state index < -0.39 is 5.97 Å². The van der Waals surface area contributed by atoms with Crippen LogP contribution in [0.1, 0.15) is 21.5 Å². The van der Waals surface area contributed by atoms with E-state index in [1.165, 1.54) is 0 Å². The number of Topliss-reactive ketones (excluding diaryl/α,β-unsaturated/α-hetero) is 1. The highest BCUT2D eigenvalue weighted by Gasteiger charge is 2.15. The molecule has 0 aliphatic carbocycles. The second kappa shape index (κ2) is 8.59. The van der Waals surface area contributed by atoms with Gasteiger partial charge in [-0.15, -0.1) is 5.10 Å². The van der Waals surface area contributed by atoms with Gasteiger partial charge in [0.1, 0.15) is 0 Å². The molecule has 1 aromatic heterocycles. The summed E-state index contributed by atoms with van der Waals surface area (Å²) in [6.45, 7) is 3.67. The summed E-state index contributed by atoms with van der Waals surface area (Å²) in [5, 5.41) is 12.2. The van der Waals surface area contributed by atoms with E-state index in [4.69, 9.17) is 4.74 Å². The van der Waals surface area contributed by atoms with Crippen LogP contribution in [0.15, 0.2) is 53.7 Å². The molecule has 8 heteroatoms. The topological polar surface area (TPSA) is 87.0 Å². The van der Waals surface area contributed by atoms with Crippen LogP contribution in [0.4, 0.5) is 0 Å². The summed E-state index contributed by atoms with van der Waals surface area (Å²) in [6, 6.07) is 14.7. The highest BCUT2D eigenvalue weighted by Crippen LogP contribution is 2.21. The van der Waals surface area contributed by atoms with Crippen LogP contribution in [0.25, 0.3) is 5.69 Å². The molecule has 0 amide bonds. The van der Waals surface area contributed by atoms with Gasteiger partial charge in [-0.2, -0.15) is 4.68 Å². The lowest BCUT2D eigenvalue weighted by atomic mass is 10.1. The first-order valence-electron chi connectivity index (χ1n) is 8.27. The van der Waals surface area contributed by atoms with Crippen molar-refractivity contribution in [2.75, 3.05) is 12.4 Å². The van der Waals surface area contributed by atoms with E-state index in [9.17, 15) is 9.59 Å². The van der Waals surface area contributed by atoms with Gasteiger partial charge in [-0.1, -0.05) is 54.2 Å². The standard InChI is InChI=1S/C19H18N4O3S/c1-13-8-9-14(2)16(10-13)23-19(20-21-22-23)27-12-18(25)26-11-17(24)15-6-4-3-5-7-15/h3-10H,11-12H2,1-2H3. The molecule has 0 saturated heterocycles. The van der Waals surface area contributed by atoms with Gasteiger partial charge in [0.2, 0.25) is 5.16 Å². The van der Waals surface area contributed by atoms with Crippen LogP contribution in [0.2, 0.25) is 0 Å². The third-order valence-electron chi connectivity index (χ3n) is 3.81. The van der Waals surface area contributed by atoms with Crippen LogP contribution in [0, 0.1) is 13.8 Å². The lowest BCUT2D eigenvalue weighted by molar-refractivity contribution is -0.139. The normalized spacial score (nSPS) is 10.6. The molecule has 0 unspecified atom stereocenters. The highest BCUT2D eigenvalue weighted by atomic mass is 32.2. The fourth-order valence-corrected chi connectivity index (χ4v) is 3.07. The summed E-state index contributed by atoms with van der Waals surface area (Å²) in [7, 11) is 0. The number of tetrazole rings is 1. The third-order valence-corrected chi connectivity index (χ3v) is 4.71. The molecule has 2 aromatic carbocycles. The number of aromatic nitrogens is 4. The van der Waals surface area contributed by atoms with E-state index in [0.29, 0.717) is 10.7 Å². The molecule has 0 aliphatic heterocycles. The van der Waals surface area contributed by atoms with Crippen LogP contribution in [-0.2, 0) is 9.53 Å². The van der Waals surface area contributed by atoms with Gasteiger partial charge in [0, 0.05) is 5.56 Å². The Morgan fingerprint density at radius 2 is 1.89 bits per heavy atom. The molecule has 0 N–H and O–H groups in total. The summed E-state index contributed by atoms with van der Waals surface area (Å²) in [4.78, 5) is 23.9. The van der Waals surface area contributed by atoms with Gasteiger partial charge in [-0.25, -0.2) is 0 Å². The number of hydrogen-bond acceptors (Lipinski definition) is 7. The average molecular weight is 382 g/mol. The zero-order valence-electron chi connectivity index (χ0n) is 15.0. The zero-order valence-corrected chi connectivity index (χ0v) is 15.8. The Kier molecular flexibility index (Phi) is 5.97. The molecule has 138 valence electrons. The Morgan fingerprint density at radius 1 is 1.11 bits per heavy atom. The Labute approximate surface area is 160 Å². The summed E-state index contributed by atoms with van der Waals surface area (Å²) in [5.41, 5.74) is 3.47. The molecule has 3 aromatic rings. The number of thioether (sulfide) groups is 1. The van der Waals surface area contributed by atoms with Crippen LogP contribution in [-0.4, -0.2) is 44.3 Å². The number of carbonyl (C=O) groups is 2. The number of hydrogen-bond donors (Lipinski definition) is 0. The predicted molar refractivity (Wildman–Crippen MR) is 101 cm³/mol. The van der Waals surface area contributed by atoms with E-state index in [1.54, 1.807) is 28.9 Å². The zero-order chi connectivity index (χ0) is 19.2. The number of ketones is 1. The van der Waals surface area contributed by atoms with Gasteiger partial charge < -0.3 is 4.74 Å². The molecule has 1 heterocycles. The van der Waals surface area contributed by atoms with Crippen molar-refractivity contribution in [2.24, 2.45) is 0 Å². The minimum atomic E-state index is -0.500. The van der Waals surface area contributed by atoms with Gasteiger partial charge in [0.25, 0.3) is 0 Å². The Hall–Kier alpha value is -3.00. The predicted octanol–water partition coefficient (Wildman–Crippen LogP) is 2.80. The molecule has 0 atom stereocenters. The molecule has 0 aliphatic rings. The van der Waals surface area contributed by atoms with Gasteiger partial charge in [0.15, 0.2) is 12.4 Å². The van der Waals surface area contributed by atoms with Crippen molar-refractivity contribution in [3.63, 3.8) is 0 Å². The first kappa shape index (κ1) is 18.8. The fraction of sp³-hybridized carbons (Fsp3) is 0.211. The molecule has 0 fully saturated rings. The first-order chi connectivity index (χ1) is 13.0. The van der Waals surface area contributed by atoms with Crippen LogP contribution < -0.4 is 0 Å². The van der Waals surface area contributed by atoms with E-state index >= 15 is 0 Å². The van der Waals surface area contributed by atoms with E-state index in [0.717, 1.165) is 28.6 Å². The van der Waals surface area contributed by atoms with Crippen molar-refractivity contribution in [3.8, 4) is 5.69 Å². The lowest BCUT2D eigenvalue weighted by Crippen LogP contribution is -2.15. The summed E-state index contributed by atoms with van der Waals surface area (Å²) >= 11 is 1.16. The number of carbonyl (C=O) groups excluding carboxylic acids is 2. The van der Waals surface area contributed by atoms with Crippen molar-refractivity contribution in [1.29, 1.82) is 0 Å². The minimum absolute atomic E-state index is 0.00725. The number of nitrogens with zero attached hydrogens (tertiary/aromatic N) is 4. The van der Waals surface area contributed by atoms with Crippen molar-refractivity contribution < 1.29 is 14.3 Å². The summed E-state index contributed by atoms with van der Waals surface area (Å²) in [6.07, 6.45) is 0. The highest BCUT2D eigenvalue weighted by molar-refractivity contribution is 7.99. The molecule has 3 rings (SSSR count). The smallest absolute Gasteiger partial charge is 0.316 e. The molecule has 27 heavy (non-hydrogen) atoms. The Bertz CT molecular complexity index is 957. The van der Waals surface area contributed by atoms with Gasteiger partial charge in [0.05, 0.1) is 11.4 Å². The molecule has 0 spiro atoms. The SMILES string of the molecule is Cc1ccc(C)c(-n2nnnc2SCC(=O)OCC(=O)c2ccccc2)c1. The number of esters is 1. The van der Waals surface area contributed by atoms with E-state index in [-0.39, 0.29) is 18.1 Å². The Morgan fingerprint density at radius 3 is 2.67 bits per heavy atom. The molecule has 0 radical (unpaired) electrons. The summed E-state index contributed by atoms with van der Waals surface area (Å²) < 4.78 is 6.65. The average Bonchev–Trinajstić information content (AvgIpc) is 3.15. The maximum Gasteiger partial charge on any atom is 0.316 e. The van der Waals surface area contributed by atoms with Crippen LogP contribution in [0.3, 0.4) is 0 Å². The van der Waals surface area contributed by atoms with Crippen molar-refractivity contribution >= 4 is 23.5 Å². The monoisotopic (exact) mass is 382 g/mol. The van der Waals surface area contributed by atoms with Crippen molar-refractivity contribution in [1.82, 2.24) is 20.2 Å². The van der Waals surface area contributed by atoms with E-state index in [2.05, 4.69) is 15.5 Å². The second-order valence-electron chi connectivity index (χ2n) is 5.90. The third kappa shape index (κ3) is 4.79. The quantitative estimate of drug-likeness (QED) is 0.353. The fourth-order valence-electron chi connectivity index (χ4n) is 2.39.